The number of amides is 1. The Morgan fingerprint density at radius 1 is 1.24 bits per heavy atom. The highest BCUT2D eigenvalue weighted by Gasteiger charge is 2.16. The van der Waals surface area contributed by atoms with Crippen LogP contribution < -0.4 is 5.32 Å². The molecule has 0 fully saturated rings. The highest BCUT2D eigenvalue weighted by atomic mass is 32.2. The van der Waals surface area contributed by atoms with Gasteiger partial charge in [-0.15, -0.1) is 10.2 Å². The summed E-state index contributed by atoms with van der Waals surface area (Å²) in [6, 6.07) is 8.57. The quantitative estimate of drug-likeness (QED) is 0.542. The molecule has 1 N–H and O–H groups in total. The standard InChI is InChI=1S/C20H25FN6OS/c1-14(2)11-26-18(10-22-19(28)12-27-15(3)8-9-23-27)24-25-20(26)29-13-16-6-4-5-7-17(16)21/h4-9,14H,10-13H2,1-3H3,(H,22,28). The number of thioether (sulfide) groups is 1. The lowest BCUT2D eigenvalue weighted by Crippen LogP contribution is -2.29. The zero-order valence-corrected chi connectivity index (χ0v) is 17.6. The first kappa shape index (κ1) is 21.0. The Morgan fingerprint density at radius 2 is 2.03 bits per heavy atom. The highest BCUT2D eigenvalue weighted by Crippen LogP contribution is 2.24. The minimum absolute atomic E-state index is 0.142. The third-order valence-electron chi connectivity index (χ3n) is 4.32. The maximum Gasteiger partial charge on any atom is 0.242 e. The van der Waals surface area contributed by atoms with Crippen LogP contribution >= 0.6 is 11.8 Å². The maximum atomic E-state index is 13.9. The van der Waals surface area contributed by atoms with Gasteiger partial charge in [0, 0.05) is 24.2 Å². The van der Waals surface area contributed by atoms with Crippen LogP contribution in [0, 0.1) is 18.7 Å². The zero-order valence-electron chi connectivity index (χ0n) is 16.8. The van der Waals surface area contributed by atoms with Gasteiger partial charge in [0.2, 0.25) is 5.91 Å². The van der Waals surface area contributed by atoms with Crippen molar-refractivity contribution >= 4 is 17.7 Å². The molecule has 154 valence electrons. The van der Waals surface area contributed by atoms with Crippen LogP contribution in [-0.2, 0) is 30.2 Å². The smallest absolute Gasteiger partial charge is 0.242 e. The molecular formula is C20H25FN6OS. The van der Waals surface area contributed by atoms with Gasteiger partial charge < -0.3 is 9.88 Å². The Morgan fingerprint density at radius 3 is 2.72 bits per heavy atom. The molecule has 2 heterocycles. The molecule has 1 amide bonds. The molecule has 0 aliphatic rings. The molecule has 0 unspecified atom stereocenters. The second-order valence-corrected chi connectivity index (χ2v) is 8.13. The zero-order chi connectivity index (χ0) is 20.8. The minimum atomic E-state index is -0.226. The molecule has 1 aromatic carbocycles. The number of benzene rings is 1. The van der Waals surface area contributed by atoms with Crippen molar-refractivity contribution in [1.29, 1.82) is 0 Å². The van der Waals surface area contributed by atoms with Crippen LogP contribution in [0.5, 0.6) is 0 Å². The number of rotatable bonds is 9. The number of halogens is 1. The molecule has 7 nitrogen and oxygen atoms in total. The monoisotopic (exact) mass is 416 g/mol. The molecule has 9 heteroatoms. The average Bonchev–Trinajstić information content (AvgIpc) is 3.25. The van der Waals surface area contributed by atoms with Crippen molar-refractivity contribution in [2.75, 3.05) is 0 Å². The largest absolute Gasteiger partial charge is 0.347 e. The van der Waals surface area contributed by atoms with Gasteiger partial charge in [-0.3, -0.25) is 9.48 Å². The van der Waals surface area contributed by atoms with Crippen molar-refractivity contribution in [2.45, 2.75) is 51.3 Å². The minimum Gasteiger partial charge on any atom is -0.347 e. The van der Waals surface area contributed by atoms with E-state index in [1.54, 1.807) is 23.0 Å². The fraction of sp³-hybridized carbons (Fsp3) is 0.400. The lowest BCUT2D eigenvalue weighted by molar-refractivity contribution is -0.122. The molecule has 0 saturated carbocycles. The molecule has 3 rings (SSSR count). The molecule has 0 radical (unpaired) electrons. The molecule has 0 saturated heterocycles. The molecule has 0 bridgehead atoms. The van der Waals surface area contributed by atoms with Crippen molar-refractivity contribution < 1.29 is 9.18 Å². The van der Waals surface area contributed by atoms with E-state index in [4.69, 9.17) is 0 Å². The Hall–Kier alpha value is -2.68. The predicted octanol–water partition coefficient (Wildman–Crippen LogP) is 3.19. The summed E-state index contributed by atoms with van der Waals surface area (Å²) in [5, 5.41) is 16.2. The molecule has 0 atom stereocenters. The Bertz CT molecular complexity index is 968. The van der Waals surface area contributed by atoms with Crippen LogP contribution in [0.15, 0.2) is 41.7 Å². The summed E-state index contributed by atoms with van der Waals surface area (Å²) in [4.78, 5) is 12.2. The van der Waals surface area contributed by atoms with E-state index in [9.17, 15) is 9.18 Å². The molecule has 0 aliphatic carbocycles. The van der Waals surface area contributed by atoms with Gasteiger partial charge in [0.15, 0.2) is 11.0 Å². The van der Waals surface area contributed by atoms with Crippen molar-refractivity contribution in [2.24, 2.45) is 5.92 Å². The van der Waals surface area contributed by atoms with Crippen molar-refractivity contribution in [3.63, 3.8) is 0 Å². The van der Waals surface area contributed by atoms with E-state index in [-0.39, 0.29) is 24.8 Å². The van der Waals surface area contributed by atoms with E-state index in [2.05, 4.69) is 34.5 Å². The fourth-order valence-corrected chi connectivity index (χ4v) is 3.75. The van der Waals surface area contributed by atoms with Crippen LogP contribution in [0.3, 0.4) is 0 Å². The van der Waals surface area contributed by atoms with Crippen LogP contribution in [0.1, 0.15) is 30.9 Å². The van der Waals surface area contributed by atoms with E-state index < -0.39 is 0 Å². The third kappa shape index (κ3) is 5.66. The number of nitrogens with one attached hydrogen (secondary N) is 1. The summed E-state index contributed by atoms with van der Waals surface area (Å²) in [6.07, 6.45) is 1.67. The van der Waals surface area contributed by atoms with Gasteiger partial charge in [-0.25, -0.2) is 4.39 Å². The van der Waals surface area contributed by atoms with Gasteiger partial charge in [-0.1, -0.05) is 43.8 Å². The number of hydrogen-bond acceptors (Lipinski definition) is 5. The van der Waals surface area contributed by atoms with Crippen LogP contribution in [-0.4, -0.2) is 30.5 Å². The van der Waals surface area contributed by atoms with Crippen molar-refractivity contribution in [1.82, 2.24) is 29.9 Å². The first-order valence-corrected chi connectivity index (χ1v) is 10.5. The number of carbonyl (C=O) groups excluding carboxylic acids is 1. The number of nitrogens with zero attached hydrogens (tertiary/aromatic N) is 5. The van der Waals surface area contributed by atoms with Gasteiger partial charge in [0.1, 0.15) is 12.4 Å². The summed E-state index contributed by atoms with van der Waals surface area (Å²) < 4.78 is 17.5. The van der Waals surface area contributed by atoms with Crippen LogP contribution in [0.25, 0.3) is 0 Å². The fourth-order valence-electron chi connectivity index (χ4n) is 2.80. The Labute approximate surface area is 173 Å². The Kier molecular flexibility index (Phi) is 7.03. The van der Waals surface area contributed by atoms with E-state index in [1.165, 1.54) is 17.8 Å². The third-order valence-corrected chi connectivity index (χ3v) is 5.34. The molecule has 2 aromatic heterocycles. The van der Waals surface area contributed by atoms with Gasteiger partial charge in [-0.2, -0.15) is 5.10 Å². The lowest BCUT2D eigenvalue weighted by atomic mass is 10.2. The van der Waals surface area contributed by atoms with E-state index in [0.717, 1.165) is 12.2 Å². The normalized spacial score (nSPS) is 11.2. The maximum absolute atomic E-state index is 13.9. The SMILES string of the molecule is Cc1ccnn1CC(=O)NCc1nnc(SCc2ccccc2F)n1CC(C)C. The number of hydrogen-bond donors (Lipinski definition) is 1. The number of aromatic nitrogens is 5. The van der Waals surface area contributed by atoms with Gasteiger partial charge >= 0.3 is 0 Å². The second-order valence-electron chi connectivity index (χ2n) is 7.19. The van der Waals surface area contributed by atoms with E-state index >= 15 is 0 Å². The highest BCUT2D eigenvalue weighted by molar-refractivity contribution is 7.98. The Balaban J connectivity index is 1.66. The molecule has 0 aliphatic heterocycles. The van der Waals surface area contributed by atoms with Gasteiger partial charge in [-0.05, 0) is 30.5 Å². The van der Waals surface area contributed by atoms with Gasteiger partial charge in [0.25, 0.3) is 0 Å². The molecule has 0 spiro atoms. The number of carbonyl (C=O) groups is 1. The molecule has 3 aromatic rings. The first-order valence-electron chi connectivity index (χ1n) is 9.47. The average molecular weight is 417 g/mol. The summed E-state index contributed by atoms with van der Waals surface area (Å²) in [5.41, 5.74) is 1.55. The van der Waals surface area contributed by atoms with Crippen molar-refractivity contribution in [3.8, 4) is 0 Å². The van der Waals surface area contributed by atoms with Crippen LogP contribution in [0.4, 0.5) is 4.39 Å². The summed E-state index contributed by atoms with van der Waals surface area (Å²) in [5.74, 6) is 1.15. The summed E-state index contributed by atoms with van der Waals surface area (Å²) >= 11 is 1.44. The van der Waals surface area contributed by atoms with Crippen molar-refractivity contribution in [3.05, 3.63) is 59.4 Å². The molecular weight excluding hydrogens is 391 g/mol. The topological polar surface area (TPSA) is 77.6 Å². The molecule has 29 heavy (non-hydrogen) atoms. The van der Waals surface area contributed by atoms with Crippen LogP contribution in [0.2, 0.25) is 0 Å². The number of aryl methyl sites for hydroxylation is 1. The van der Waals surface area contributed by atoms with E-state index in [0.29, 0.717) is 28.2 Å². The predicted molar refractivity (Wildman–Crippen MR) is 110 cm³/mol. The summed E-state index contributed by atoms with van der Waals surface area (Å²) in [7, 11) is 0. The van der Waals surface area contributed by atoms with E-state index in [1.807, 2.05) is 23.6 Å². The second kappa shape index (κ2) is 9.69. The van der Waals surface area contributed by atoms with Gasteiger partial charge in [0.05, 0.1) is 6.54 Å². The first-order chi connectivity index (χ1) is 13.9. The lowest BCUT2D eigenvalue weighted by Gasteiger charge is -2.13. The summed E-state index contributed by atoms with van der Waals surface area (Å²) in [6.45, 7) is 7.27.